The highest BCUT2D eigenvalue weighted by molar-refractivity contribution is 14.0. The van der Waals surface area contributed by atoms with Crippen LogP contribution < -0.4 is 15.4 Å². The normalized spacial score (nSPS) is 12.4. The third-order valence-corrected chi connectivity index (χ3v) is 5.28. The van der Waals surface area contributed by atoms with Crippen molar-refractivity contribution in [2.45, 2.75) is 37.9 Å². The van der Waals surface area contributed by atoms with Gasteiger partial charge in [0.25, 0.3) is 0 Å². The van der Waals surface area contributed by atoms with Gasteiger partial charge in [-0.1, -0.05) is 26.0 Å². The molecule has 24 heavy (non-hydrogen) atoms. The van der Waals surface area contributed by atoms with Gasteiger partial charge in [-0.3, -0.25) is 4.99 Å². The molecule has 6 heteroatoms. The summed E-state index contributed by atoms with van der Waals surface area (Å²) in [5.41, 5.74) is 1.27. The SMILES string of the molecule is CN=C(NCC(C)(C)SC)NCC(C)(C)c1ccc(OC)cc1.I. The predicted molar refractivity (Wildman–Crippen MR) is 118 cm³/mol. The van der Waals surface area contributed by atoms with E-state index in [0.717, 1.165) is 24.8 Å². The lowest BCUT2D eigenvalue weighted by Gasteiger charge is -2.28. The summed E-state index contributed by atoms with van der Waals surface area (Å²) in [5, 5.41) is 6.83. The van der Waals surface area contributed by atoms with Gasteiger partial charge in [0, 0.05) is 30.3 Å². The van der Waals surface area contributed by atoms with E-state index < -0.39 is 0 Å². The van der Waals surface area contributed by atoms with Crippen LogP contribution in [-0.2, 0) is 5.41 Å². The second-order valence-corrected chi connectivity index (χ2v) is 8.37. The van der Waals surface area contributed by atoms with Crippen LogP contribution in [0.15, 0.2) is 29.3 Å². The Morgan fingerprint density at radius 3 is 2.08 bits per heavy atom. The van der Waals surface area contributed by atoms with Gasteiger partial charge in [0.1, 0.15) is 5.75 Å². The molecular formula is C18H32IN3OS. The third kappa shape index (κ3) is 7.51. The van der Waals surface area contributed by atoms with Gasteiger partial charge >= 0.3 is 0 Å². The lowest BCUT2D eigenvalue weighted by molar-refractivity contribution is 0.414. The molecule has 0 atom stereocenters. The number of methoxy groups -OCH3 is 1. The van der Waals surface area contributed by atoms with Gasteiger partial charge in [0.15, 0.2) is 5.96 Å². The standard InChI is InChI=1S/C18H31N3OS.HI/c1-17(2,14-8-10-15(22-6)11-9-14)12-20-16(19-5)21-13-18(3,4)23-7;/h8-11H,12-13H2,1-7H3,(H2,19,20,21);1H. The van der Waals surface area contributed by atoms with Gasteiger partial charge in [0.05, 0.1) is 7.11 Å². The van der Waals surface area contributed by atoms with E-state index in [1.54, 1.807) is 7.11 Å². The Labute approximate surface area is 168 Å². The first-order valence-electron chi connectivity index (χ1n) is 7.88. The molecule has 2 N–H and O–H groups in total. The van der Waals surface area contributed by atoms with Gasteiger partial charge in [0.2, 0.25) is 0 Å². The van der Waals surface area contributed by atoms with Crippen LogP contribution in [0.25, 0.3) is 0 Å². The van der Waals surface area contributed by atoms with Crippen molar-refractivity contribution in [2.24, 2.45) is 4.99 Å². The second kappa shape index (κ2) is 10.4. The van der Waals surface area contributed by atoms with Crippen LogP contribution in [0.4, 0.5) is 0 Å². The first-order chi connectivity index (χ1) is 10.7. The Hall–Kier alpha value is -0.630. The summed E-state index contributed by atoms with van der Waals surface area (Å²) in [6.07, 6.45) is 2.13. The third-order valence-electron chi connectivity index (χ3n) is 4.03. The number of nitrogens with zero attached hydrogens (tertiary/aromatic N) is 1. The molecule has 0 saturated heterocycles. The zero-order valence-corrected chi connectivity index (χ0v) is 19.0. The van der Waals surface area contributed by atoms with E-state index in [0.29, 0.717) is 0 Å². The minimum Gasteiger partial charge on any atom is -0.497 e. The minimum absolute atomic E-state index is 0. The zero-order valence-electron chi connectivity index (χ0n) is 15.9. The molecule has 138 valence electrons. The van der Waals surface area contributed by atoms with E-state index in [9.17, 15) is 0 Å². The van der Waals surface area contributed by atoms with Gasteiger partial charge in [-0.05, 0) is 37.8 Å². The molecule has 0 radical (unpaired) electrons. The summed E-state index contributed by atoms with van der Waals surface area (Å²) in [5.74, 6) is 1.72. The predicted octanol–water partition coefficient (Wildman–Crippen LogP) is 3.90. The molecule has 4 nitrogen and oxygen atoms in total. The molecule has 0 bridgehead atoms. The molecule has 1 rings (SSSR count). The Morgan fingerprint density at radius 1 is 1.08 bits per heavy atom. The summed E-state index contributed by atoms with van der Waals surface area (Å²) in [4.78, 5) is 4.31. The number of rotatable bonds is 7. The maximum absolute atomic E-state index is 5.23. The van der Waals surface area contributed by atoms with E-state index in [1.807, 2.05) is 30.9 Å². The molecule has 0 heterocycles. The summed E-state index contributed by atoms with van der Waals surface area (Å²) < 4.78 is 5.41. The van der Waals surface area contributed by atoms with Crippen molar-refractivity contribution in [3.63, 3.8) is 0 Å². The molecule has 0 amide bonds. The number of hydrogen-bond acceptors (Lipinski definition) is 3. The van der Waals surface area contributed by atoms with Gasteiger partial charge in [-0.2, -0.15) is 11.8 Å². The van der Waals surface area contributed by atoms with Gasteiger partial charge in [-0.25, -0.2) is 0 Å². The number of nitrogens with one attached hydrogen (secondary N) is 2. The van der Waals surface area contributed by atoms with Crippen LogP contribution >= 0.6 is 35.7 Å². The highest BCUT2D eigenvalue weighted by Gasteiger charge is 2.22. The Bertz CT molecular complexity index is 516. The minimum atomic E-state index is -0.00108. The van der Waals surface area contributed by atoms with Gasteiger partial charge in [-0.15, -0.1) is 24.0 Å². The smallest absolute Gasteiger partial charge is 0.191 e. The summed E-state index contributed by atoms with van der Waals surface area (Å²) in [6.45, 7) is 10.6. The molecule has 0 saturated carbocycles. The average Bonchev–Trinajstić information content (AvgIpc) is 2.55. The summed E-state index contributed by atoms with van der Waals surface area (Å²) in [6, 6.07) is 8.25. The second-order valence-electron chi connectivity index (χ2n) is 6.86. The Balaban J connectivity index is 0.00000529. The van der Waals surface area contributed by atoms with E-state index in [-0.39, 0.29) is 34.1 Å². The molecule has 0 aromatic heterocycles. The number of ether oxygens (including phenoxy) is 1. The molecule has 1 aromatic rings. The van der Waals surface area contributed by atoms with Crippen molar-refractivity contribution >= 4 is 41.7 Å². The van der Waals surface area contributed by atoms with Crippen molar-refractivity contribution in [1.82, 2.24) is 10.6 Å². The molecule has 0 spiro atoms. The van der Waals surface area contributed by atoms with Crippen LogP contribution in [-0.4, -0.2) is 44.2 Å². The molecule has 0 aliphatic heterocycles. The van der Waals surface area contributed by atoms with E-state index >= 15 is 0 Å². The zero-order chi connectivity index (χ0) is 17.5. The first-order valence-corrected chi connectivity index (χ1v) is 9.11. The average molecular weight is 465 g/mol. The molecule has 0 aliphatic rings. The molecule has 0 fully saturated rings. The summed E-state index contributed by atoms with van der Waals surface area (Å²) >= 11 is 1.85. The lowest BCUT2D eigenvalue weighted by Crippen LogP contribution is -2.46. The number of thioether (sulfide) groups is 1. The van der Waals surface area contributed by atoms with Crippen molar-refractivity contribution < 1.29 is 4.74 Å². The van der Waals surface area contributed by atoms with Crippen molar-refractivity contribution in [3.05, 3.63) is 29.8 Å². The van der Waals surface area contributed by atoms with E-state index in [2.05, 4.69) is 61.7 Å². The quantitative estimate of drug-likeness (QED) is 0.364. The number of benzene rings is 1. The topological polar surface area (TPSA) is 45.7 Å². The summed E-state index contributed by atoms with van der Waals surface area (Å²) in [7, 11) is 3.50. The van der Waals surface area contributed by atoms with E-state index in [4.69, 9.17) is 4.74 Å². The Morgan fingerprint density at radius 2 is 1.62 bits per heavy atom. The molecule has 0 unspecified atom stereocenters. The highest BCUT2D eigenvalue weighted by atomic mass is 127. The van der Waals surface area contributed by atoms with Crippen molar-refractivity contribution in [1.29, 1.82) is 0 Å². The molecule has 0 aliphatic carbocycles. The fraction of sp³-hybridized carbons (Fsp3) is 0.611. The maximum atomic E-state index is 5.23. The van der Waals surface area contributed by atoms with Crippen molar-refractivity contribution in [2.75, 3.05) is 33.5 Å². The van der Waals surface area contributed by atoms with Crippen molar-refractivity contribution in [3.8, 4) is 5.75 Å². The molecular weight excluding hydrogens is 433 g/mol. The molecule has 1 aromatic carbocycles. The van der Waals surface area contributed by atoms with Crippen LogP contribution in [0.1, 0.15) is 33.3 Å². The van der Waals surface area contributed by atoms with Crippen LogP contribution in [0, 0.1) is 0 Å². The number of guanidine groups is 1. The fourth-order valence-electron chi connectivity index (χ4n) is 2.04. The highest BCUT2D eigenvalue weighted by Crippen LogP contribution is 2.24. The van der Waals surface area contributed by atoms with Crippen LogP contribution in [0.2, 0.25) is 0 Å². The number of aliphatic imine (C=N–C) groups is 1. The largest absolute Gasteiger partial charge is 0.497 e. The maximum Gasteiger partial charge on any atom is 0.191 e. The van der Waals surface area contributed by atoms with Gasteiger partial charge < -0.3 is 15.4 Å². The van der Waals surface area contributed by atoms with Crippen LogP contribution in [0.3, 0.4) is 0 Å². The van der Waals surface area contributed by atoms with E-state index in [1.165, 1.54) is 5.56 Å². The Kier molecular flexibility index (Phi) is 10.1. The fourth-order valence-corrected chi connectivity index (χ4v) is 2.25. The number of halogens is 1. The monoisotopic (exact) mass is 465 g/mol. The lowest BCUT2D eigenvalue weighted by atomic mass is 9.84. The first kappa shape index (κ1) is 23.4. The number of hydrogen-bond donors (Lipinski definition) is 2. The van der Waals surface area contributed by atoms with Crippen LogP contribution in [0.5, 0.6) is 5.75 Å².